The Labute approximate surface area is 199 Å². The summed E-state index contributed by atoms with van der Waals surface area (Å²) in [6.07, 6.45) is 7.03. The zero-order valence-corrected chi connectivity index (χ0v) is 19.5. The molecule has 2 amide bonds. The van der Waals surface area contributed by atoms with E-state index in [-0.39, 0.29) is 37.0 Å². The summed E-state index contributed by atoms with van der Waals surface area (Å²) in [6.45, 7) is 6.78. The van der Waals surface area contributed by atoms with E-state index in [0.29, 0.717) is 30.2 Å². The summed E-state index contributed by atoms with van der Waals surface area (Å²) in [6, 6.07) is 3.86. The van der Waals surface area contributed by atoms with Crippen LogP contribution in [0.2, 0.25) is 0 Å². The van der Waals surface area contributed by atoms with E-state index in [2.05, 4.69) is 16.5 Å². The third-order valence-electron chi connectivity index (χ3n) is 7.36. The Morgan fingerprint density at radius 1 is 1.32 bits per heavy atom. The number of nitrogens with zero attached hydrogens (tertiary/aromatic N) is 4. The molecule has 182 valence electrons. The summed E-state index contributed by atoms with van der Waals surface area (Å²) in [5.41, 5.74) is 7.31. The molecular formula is C24H32N6O4. The van der Waals surface area contributed by atoms with Gasteiger partial charge in [-0.1, -0.05) is 12.6 Å². The molecule has 3 heterocycles. The molecule has 10 heteroatoms. The summed E-state index contributed by atoms with van der Waals surface area (Å²) in [4.78, 5) is 45.1. The molecule has 0 bridgehead atoms. The van der Waals surface area contributed by atoms with Gasteiger partial charge in [-0.15, -0.1) is 0 Å². The minimum atomic E-state index is -0.410. The molecule has 0 unspecified atom stereocenters. The largest absolute Gasteiger partial charge is 0.456 e. The quantitative estimate of drug-likeness (QED) is 0.330. The van der Waals surface area contributed by atoms with Crippen LogP contribution in [0.1, 0.15) is 44.6 Å². The topological polar surface area (TPSA) is 135 Å². The van der Waals surface area contributed by atoms with Crippen molar-refractivity contribution >= 4 is 23.6 Å². The van der Waals surface area contributed by atoms with Gasteiger partial charge >= 0.3 is 5.97 Å². The highest BCUT2D eigenvalue weighted by Gasteiger charge is 2.50. The van der Waals surface area contributed by atoms with Crippen molar-refractivity contribution in [2.75, 3.05) is 24.7 Å². The van der Waals surface area contributed by atoms with Crippen LogP contribution in [0.5, 0.6) is 0 Å². The first-order chi connectivity index (χ1) is 16.2. The second-order valence-electron chi connectivity index (χ2n) is 9.35. The van der Waals surface area contributed by atoms with Crippen molar-refractivity contribution < 1.29 is 19.1 Å². The van der Waals surface area contributed by atoms with E-state index in [1.807, 2.05) is 6.07 Å². The van der Waals surface area contributed by atoms with E-state index in [1.54, 1.807) is 24.1 Å². The maximum atomic E-state index is 13.4. The molecule has 1 aromatic heterocycles. The number of aromatic nitrogens is 1. The van der Waals surface area contributed by atoms with Gasteiger partial charge in [0.25, 0.3) is 0 Å². The number of pyridine rings is 1. The maximum absolute atomic E-state index is 13.4. The molecular weight excluding hydrogens is 436 g/mol. The van der Waals surface area contributed by atoms with Crippen LogP contribution in [0, 0.1) is 5.41 Å². The van der Waals surface area contributed by atoms with Gasteiger partial charge in [-0.2, -0.15) is 0 Å². The number of likely N-dealkylation sites (tertiary alicyclic amines) is 1. The Bertz CT molecular complexity index is 1010. The van der Waals surface area contributed by atoms with Crippen molar-refractivity contribution in [2.45, 2.75) is 51.6 Å². The second-order valence-corrected chi connectivity index (χ2v) is 9.35. The summed E-state index contributed by atoms with van der Waals surface area (Å²) in [5.74, 6) is 5.71. The monoisotopic (exact) mass is 468 g/mol. The zero-order chi connectivity index (χ0) is 24.5. The van der Waals surface area contributed by atoms with E-state index >= 15 is 0 Å². The molecule has 0 radical (unpaired) electrons. The Morgan fingerprint density at radius 3 is 2.62 bits per heavy atom. The number of anilines is 1. The van der Waals surface area contributed by atoms with Gasteiger partial charge in [-0.05, 0) is 50.7 Å². The first-order valence-electron chi connectivity index (χ1n) is 11.6. The third-order valence-corrected chi connectivity index (χ3v) is 7.36. The van der Waals surface area contributed by atoms with Crippen molar-refractivity contribution in [2.24, 2.45) is 17.0 Å². The lowest BCUT2D eigenvalue weighted by Gasteiger charge is -2.40. The van der Waals surface area contributed by atoms with E-state index < -0.39 is 5.41 Å². The highest BCUT2D eigenvalue weighted by atomic mass is 16.5. The SMILES string of the molecule is C=CN(N)c1ccc(CN(CC(N)=O)[C@H]2CC[C@@]3(CCN(C4=C(C)C(=O)OC4)C3=O)CC2)cn1. The number of hydrazine groups is 1. The summed E-state index contributed by atoms with van der Waals surface area (Å²) >= 11 is 0. The normalized spacial score (nSPS) is 24.8. The lowest BCUT2D eigenvalue weighted by molar-refractivity contribution is -0.138. The van der Waals surface area contributed by atoms with Gasteiger partial charge in [-0.3, -0.25) is 19.5 Å². The molecule has 0 atom stereocenters. The fourth-order valence-electron chi connectivity index (χ4n) is 5.32. The van der Waals surface area contributed by atoms with Crippen LogP contribution in [-0.4, -0.2) is 58.3 Å². The molecule has 2 fully saturated rings. The molecule has 1 spiro atoms. The van der Waals surface area contributed by atoms with Crippen LogP contribution in [0.25, 0.3) is 0 Å². The Hall–Kier alpha value is -3.24. The number of carbonyl (C=O) groups excluding carboxylic acids is 3. The molecule has 4 N–H and O–H groups in total. The predicted molar refractivity (Wildman–Crippen MR) is 125 cm³/mol. The standard InChI is InChI=1S/C24H32N6O4/c1-3-30(26)21-5-4-17(12-27-21)13-28(14-20(25)31)18-6-8-24(9-7-18)10-11-29(23(24)33)19-15-34-22(32)16(19)2/h3-5,12,18H,1,6-11,13-15,26H2,2H3,(H2,25,31)/t18-,24-. The summed E-state index contributed by atoms with van der Waals surface area (Å²) < 4.78 is 5.11. The van der Waals surface area contributed by atoms with Crippen LogP contribution in [0.15, 0.2) is 42.4 Å². The fourth-order valence-corrected chi connectivity index (χ4v) is 5.32. The number of hydrogen-bond donors (Lipinski definition) is 2. The molecule has 3 aliphatic rings. The van der Waals surface area contributed by atoms with E-state index in [9.17, 15) is 14.4 Å². The van der Waals surface area contributed by atoms with E-state index in [0.717, 1.165) is 37.7 Å². The number of rotatable bonds is 8. The zero-order valence-electron chi connectivity index (χ0n) is 19.5. The molecule has 4 rings (SSSR count). The minimum absolute atomic E-state index is 0.0911. The van der Waals surface area contributed by atoms with Crippen LogP contribution in [0.3, 0.4) is 0 Å². The first-order valence-corrected chi connectivity index (χ1v) is 11.6. The lowest BCUT2D eigenvalue weighted by Crippen LogP contribution is -2.46. The van der Waals surface area contributed by atoms with Gasteiger partial charge in [-0.25, -0.2) is 15.6 Å². The third kappa shape index (κ3) is 4.55. The van der Waals surface area contributed by atoms with E-state index in [4.69, 9.17) is 16.3 Å². The molecule has 34 heavy (non-hydrogen) atoms. The summed E-state index contributed by atoms with van der Waals surface area (Å²) in [5, 5.41) is 1.33. The smallest absolute Gasteiger partial charge is 0.336 e. The number of esters is 1. The number of carbonyl (C=O) groups is 3. The average Bonchev–Trinajstić information content (AvgIpc) is 3.32. The number of hydrogen-bond acceptors (Lipinski definition) is 8. The fraction of sp³-hybridized carbons (Fsp3) is 0.500. The van der Waals surface area contributed by atoms with Gasteiger partial charge in [0.05, 0.1) is 23.2 Å². The lowest BCUT2D eigenvalue weighted by atomic mass is 9.71. The Morgan fingerprint density at radius 2 is 2.06 bits per heavy atom. The van der Waals surface area contributed by atoms with Gasteiger partial charge in [0.2, 0.25) is 11.8 Å². The summed E-state index contributed by atoms with van der Waals surface area (Å²) in [7, 11) is 0. The van der Waals surface area contributed by atoms with Crippen LogP contribution in [-0.2, 0) is 25.7 Å². The number of ether oxygens (including phenoxy) is 1. The highest BCUT2D eigenvalue weighted by molar-refractivity contribution is 5.94. The molecule has 10 nitrogen and oxygen atoms in total. The number of nitrogens with two attached hydrogens (primary N) is 2. The minimum Gasteiger partial charge on any atom is -0.456 e. The molecule has 1 aromatic rings. The number of amides is 2. The molecule has 1 saturated carbocycles. The molecule has 2 aliphatic heterocycles. The Balaban J connectivity index is 1.42. The number of primary amides is 1. The van der Waals surface area contributed by atoms with Crippen LogP contribution in [0.4, 0.5) is 5.82 Å². The van der Waals surface area contributed by atoms with Gasteiger partial charge in [0, 0.05) is 31.5 Å². The van der Waals surface area contributed by atoms with Crippen molar-refractivity contribution in [3.63, 3.8) is 0 Å². The van der Waals surface area contributed by atoms with Gasteiger partial charge in [0.15, 0.2) is 0 Å². The maximum Gasteiger partial charge on any atom is 0.336 e. The molecule has 1 aliphatic carbocycles. The van der Waals surface area contributed by atoms with E-state index in [1.165, 1.54) is 11.2 Å². The molecule has 0 aromatic carbocycles. The first kappa shape index (κ1) is 23.9. The number of cyclic esters (lactones) is 1. The van der Waals surface area contributed by atoms with Crippen LogP contribution < -0.4 is 16.6 Å². The van der Waals surface area contributed by atoms with Crippen molar-refractivity contribution in [1.82, 2.24) is 14.8 Å². The average molecular weight is 469 g/mol. The Kier molecular flexibility index (Phi) is 6.72. The van der Waals surface area contributed by atoms with Crippen molar-refractivity contribution in [1.29, 1.82) is 0 Å². The highest BCUT2D eigenvalue weighted by Crippen LogP contribution is 2.47. The van der Waals surface area contributed by atoms with Crippen molar-refractivity contribution in [3.8, 4) is 0 Å². The molecule has 1 saturated heterocycles. The van der Waals surface area contributed by atoms with Crippen LogP contribution >= 0.6 is 0 Å². The van der Waals surface area contributed by atoms with Gasteiger partial charge in [0.1, 0.15) is 12.4 Å². The van der Waals surface area contributed by atoms with Crippen molar-refractivity contribution in [3.05, 3.63) is 47.9 Å². The van der Waals surface area contributed by atoms with Gasteiger partial charge < -0.3 is 15.4 Å². The predicted octanol–water partition coefficient (Wildman–Crippen LogP) is 1.18. The second kappa shape index (κ2) is 9.55.